The van der Waals surface area contributed by atoms with Crippen molar-refractivity contribution < 1.29 is 0 Å². The van der Waals surface area contributed by atoms with Gasteiger partial charge in [-0.25, -0.2) is 9.97 Å². The van der Waals surface area contributed by atoms with Crippen LogP contribution in [0.2, 0.25) is 0 Å². The lowest BCUT2D eigenvalue weighted by Gasteiger charge is -2.13. The molecule has 0 saturated heterocycles. The third kappa shape index (κ3) is 4.41. The fourth-order valence-electron chi connectivity index (χ4n) is 8.71. The van der Waals surface area contributed by atoms with Crippen molar-refractivity contribution in [2.75, 3.05) is 0 Å². The van der Waals surface area contributed by atoms with Crippen molar-refractivity contribution in [3.05, 3.63) is 188 Å². The van der Waals surface area contributed by atoms with Crippen LogP contribution < -0.4 is 0 Å². The Hall–Kier alpha value is -7.50. The maximum atomic E-state index is 5.36. The van der Waals surface area contributed by atoms with Gasteiger partial charge in [0.05, 0.1) is 38.6 Å². The van der Waals surface area contributed by atoms with Crippen LogP contribution in [0.1, 0.15) is 0 Å². The molecule has 0 aliphatic carbocycles. The number of fused-ring (bicyclic) bond motifs is 11. The normalized spacial score (nSPS) is 12.0. The van der Waals surface area contributed by atoms with Crippen molar-refractivity contribution in [2.45, 2.75) is 0 Å². The molecule has 0 bridgehead atoms. The fraction of sp³-hybridized carbons (Fsp3) is 0. The molecular formula is C50H31N5. The van der Waals surface area contributed by atoms with Gasteiger partial charge >= 0.3 is 0 Å². The SMILES string of the molecule is c1ccc(-n2c3ccccc3c3cc(-c4ccc(-c5ccc6c7ccccc7n(-c7nc8ccccc8c8nc9ccccc9n78)c6c5)cc4)ccc32)cc1. The van der Waals surface area contributed by atoms with Crippen LogP contribution in [0.3, 0.4) is 0 Å². The van der Waals surface area contributed by atoms with Crippen LogP contribution in [0.25, 0.3) is 105 Å². The van der Waals surface area contributed by atoms with E-state index in [1.165, 1.54) is 49.4 Å². The van der Waals surface area contributed by atoms with E-state index >= 15 is 0 Å². The molecule has 0 N–H and O–H groups in total. The lowest BCUT2D eigenvalue weighted by molar-refractivity contribution is 0.979. The van der Waals surface area contributed by atoms with Crippen LogP contribution in [0.4, 0.5) is 0 Å². The van der Waals surface area contributed by atoms with Crippen molar-refractivity contribution in [3.63, 3.8) is 0 Å². The van der Waals surface area contributed by atoms with Crippen LogP contribution in [-0.4, -0.2) is 23.5 Å². The Bertz CT molecular complexity index is 3480. The van der Waals surface area contributed by atoms with Crippen LogP contribution in [0, 0.1) is 0 Å². The summed E-state index contributed by atoms with van der Waals surface area (Å²) in [4.78, 5) is 10.5. The predicted octanol–water partition coefficient (Wildman–Crippen LogP) is 12.6. The van der Waals surface area contributed by atoms with Crippen molar-refractivity contribution in [3.8, 4) is 33.9 Å². The van der Waals surface area contributed by atoms with E-state index in [-0.39, 0.29) is 0 Å². The third-order valence-corrected chi connectivity index (χ3v) is 11.2. The van der Waals surface area contributed by atoms with E-state index in [1.54, 1.807) is 0 Å². The molecule has 12 aromatic rings. The standard InChI is InChI=1S/C50H31N5/c1-2-12-36(13-3-1)53-44-19-9-6-15-38(44)41-30-34(27-29-46(41)53)32-22-24-33(25-23-32)35-26-28-39-37-14-5-10-20-45(37)54(48(39)31-35)50-52-42-17-7-4-16-40(42)49-51-43-18-8-11-21-47(43)55(49)50/h1-31H. The Kier molecular flexibility index (Phi) is 6.27. The van der Waals surface area contributed by atoms with Gasteiger partial charge in [0.15, 0.2) is 0 Å². The molecule has 0 fully saturated rings. The molecule has 0 aliphatic heterocycles. The molecule has 5 nitrogen and oxygen atoms in total. The lowest BCUT2D eigenvalue weighted by Crippen LogP contribution is -2.06. The number of imidazole rings is 1. The summed E-state index contributed by atoms with van der Waals surface area (Å²) in [5.74, 6) is 0.824. The Morgan fingerprint density at radius 3 is 1.60 bits per heavy atom. The number of nitrogens with zero attached hydrogens (tertiary/aromatic N) is 5. The van der Waals surface area contributed by atoms with Gasteiger partial charge in [0, 0.05) is 32.6 Å². The minimum Gasteiger partial charge on any atom is -0.309 e. The van der Waals surface area contributed by atoms with Gasteiger partial charge in [-0.1, -0.05) is 121 Å². The average molecular weight is 702 g/mol. The molecule has 0 unspecified atom stereocenters. The Balaban J connectivity index is 1.01. The molecule has 5 heteroatoms. The number of hydrogen-bond donors (Lipinski definition) is 0. The predicted molar refractivity (Wildman–Crippen MR) is 228 cm³/mol. The summed E-state index contributed by atoms with van der Waals surface area (Å²) >= 11 is 0. The van der Waals surface area contributed by atoms with E-state index in [0.29, 0.717) is 0 Å². The van der Waals surface area contributed by atoms with E-state index < -0.39 is 0 Å². The molecule has 0 spiro atoms. The molecule has 55 heavy (non-hydrogen) atoms. The number of para-hydroxylation sites is 6. The van der Waals surface area contributed by atoms with Gasteiger partial charge < -0.3 is 4.57 Å². The van der Waals surface area contributed by atoms with Crippen LogP contribution in [-0.2, 0) is 0 Å². The smallest absolute Gasteiger partial charge is 0.221 e. The van der Waals surface area contributed by atoms with E-state index in [9.17, 15) is 0 Å². The van der Waals surface area contributed by atoms with E-state index in [0.717, 1.165) is 55.7 Å². The third-order valence-electron chi connectivity index (χ3n) is 11.2. The maximum Gasteiger partial charge on any atom is 0.221 e. The molecule has 0 radical (unpaired) electrons. The molecule has 0 aliphatic rings. The molecule has 0 saturated carbocycles. The summed E-state index contributed by atoms with van der Waals surface area (Å²) in [5.41, 5.74) is 14.3. The van der Waals surface area contributed by atoms with E-state index in [2.05, 4.69) is 189 Å². The number of rotatable bonds is 4. The highest BCUT2D eigenvalue weighted by atomic mass is 15.2. The van der Waals surface area contributed by atoms with Crippen LogP contribution in [0.5, 0.6) is 0 Å². The first-order chi connectivity index (χ1) is 27.3. The summed E-state index contributed by atoms with van der Waals surface area (Å²) in [6, 6.07) is 67.2. The molecule has 8 aromatic carbocycles. The van der Waals surface area contributed by atoms with Crippen LogP contribution in [0.15, 0.2) is 188 Å². The zero-order valence-corrected chi connectivity index (χ0v) is 29.6. The van der Waals surface area contributed by atoms with Crippen molar-refractivity contribution in [1.82, 2.24) is 23.5 Å². The summed E-state index contributed by atoms with van der Waals surface area (Å²) in [6.45, 7) is 0. The number of benzene rings is 8. The Morgan fingerprint density at radius 2 is 0.836 bits per heavy atom. The van der Waals surface area contributed by atoms with Gasteiger partial charge in [-0.05, 0) is 89.0 Å². The van der Waals surface area contributed by atoms with E-state index in [4.69, 9.17) is 9.97 Å². The molecule has 256 valence electrons. The summed E-state index contributed by atoms with van der Waals surface area (Å²) in [5, 5.41) is 5.92. The van der Waals surface area contributed by atoms with Gasteiger partial charge in [-0.15, -0.1) is 0 Å². The minimum atomic E-state index is 0.824. The first-order valence-corrected chi connectivity index (χ1v) is 18.7. The van der Waals surface area contributed by atoms with Gasteiger partial charge in [0.1, 0.15) is 5.65 Å². The quantitative estimate of drug-likeness (QED) is 0.183. The van der Waals surface area contributed by atoms with Crippen molar-refractivity contribution in [1.29, 1.82) is 0 Å². The van der Waals surface area contributed by atoms with E-state index in [1.807, 2.05) is 12.1 Å². The Morgan fingerprint density at radius 1 is 0.309 bits per heavy atom. The highest BCUT2D eigenvalue weighted by molar-refractivity contribution is 6.12. The zero-order valence-electron chi connectivity index (χ0n) is 29.6. The summed E-state index contributed by atoms with van der Waals surface area (Å²) in [7, 11) is 0. The second kappa shape index (κ2) is 11.5. The second-order valence-corrected chi connectivity index (χ2v) is 14.3. The topological polar surface area (TPSA) is 40.0 Å². The first kappa shape index (κ1) is 30.0. The Labute approximate surface area is 315 Å². The largest absolute Gasteiger partial charge is 0.309 e. The lowest BCUT2D eigenvalue weighted by atomic mass is 9.98. The van der Waals surface area contributed by atoms with Gasteiger partial charge in [0.2, 0.25) is 5.95 Å². The van der Waals surface area contributed by atoms with Gasteiger partial charge in [-0.3, -0.25) is 8.97 Å². The molecule has 12 rings (SSSR count). The highest BCUT2D eigenvalue weighted by Gasteiger charge is 2.20. The molecular weight excluding hydrogens is 671 g/mol. The average Bonchev–Trinajstić information content (AvgIpc) is 3.92. The minimum absolute atomic E-state index is 0.824. The van der Waals surface area contributed by atoms with Gasteiger partial charge in [-0.2, -0.15) is 0 Å². The zero-order chi connectivity index (χ0) is 36.0. The van der Waals surface area contributed by atoms with Crippen LogP contribution >= 0.6 is 0 Å². The van der Waals surface area contributed by atoms with Gasteiger partial charge in [0.25, 0.3) is 0 Å². The number of hydrogen-bond acceptors (Lipinski definition) is 2. The molecule has 0 atom stereocenters. The molecule has 4 aromatic heterocycles. The summed E-state index contributed by atoms with van der Waals surface area (Å²) in [6.07, 6.45) is 0. The number of aromatic nitrogens is 5. The molecule has 4 heterocycles. The summed E-state index contributed by atoms with van der Waals surface area (Å²) < 4.78 is 6.90. The highest BCUT2D eigenvalue weighted by Crippen LogP contribution is 2.38. The fourth-order valence-corrected chi connectivity index (χ4v) is 8.71. The molecule has 0 amide bonds. The second-order valence-electron chi connectivity index (χ2n) is 14.3. The first-order valence-electron chi connectivity index (χ1n) is 18.7. The monoisotopic (exact) mass is 701 g/mol. The maximum absolute atomic E-state index is 5.36. The van der Waals surface area contributed by atoms with Crippen molar-refractivity contribution >= 4 is 71.2 Å². The van der Waals surface area contributed by atoms with Crippen molar-refractivity contribution in [2.24, 2.45) is 0 Å².